The van der Waals surface area contributed by atoms with Gasteiger partial charge in [0.15, 0.2) is 0 Å². The molecule has 20 heavy (non-hydrogen) atoms. The number of hydrogen-bond donors (Lipinski definition) is 0. The summed E-state index contributed by atoms with van der Waals surface area (Å²) in [6.45, 7) is 4.21. The number of nitrogens with zero attached hydrogens (tertiary/aromatic N) is 3. The van der Waals surface area contributed by atoms with Crippen molar-refractivity contribution in [2.75, 3.05) is 0 Å². The van der Waals surface area contributed by atoms with Crippen molar-refractivity contribution in [1.82, 2.24) is 14.5 Å². The molecule has 3 nitrogen and oxygen atoms in total. The first kappa shape index (κ1) is 13.9. The second-order valence-electron chi connectivity index (χ2n) is 5.00. The van der Waals surface area contributed by atoms with Gasteiger partial charge in [-0.25, -0.2) is 9.97 Å². The van der Waals surface area contributed by atoms with E-state index in [1.165, 1.54) is 0 Å². The Morgan fingerprint density at radius 3 is 2.80 bits per heavy atom. The molecule has 0 aliphatic heterocycles. The van der Waals surface area contributed by atoms with Crippen LogP contribution in [0.4, 0.5) is 0 Å². The lowest BCUT2D eigenvalue weighted by Gasteiger charge is -2.27. The van der Waals surface area contributed by atoms with Crippen LogP contribution in [0.2, 0.25) is 5.02 Å². The minimum Gasteiger partial charge on any atom is -0.313 e. The van der Waals surface area contributed by atoms with E-state index in [0.29, 0.717) is 10.9 Å². The zero-order valence-corrected chi connectivity index (χ0v) is 13.4. The molecular formula is C14H13Cl2N3S. The number of halogens is 2. The number of benzene rings is 1. The highest BCUT2D eigenvalue weighted by atomic mass is 35.5. The lowest BCUT2D eigenvalue weighted by Crippen LogP contribution is -2.29. The van der Waals surface area contributed by atoms with E-state index in [-0.39, 0.29) is 5.54 Å². The summed E-state index contributed by atoms with van der Waals surface area (Å²) in [6, 6.07) is 5.72. The smallest absolute Gasteiger partial charge is 0.125 e. The van der Waals surface area contributed by atoms with Gasteiger partial charge in [0.2, 0.25) is 0 Å². The molecule has 1 aromatic carbocycles. The van der Waals surface area contributed by atoms with E-state index in [1.807, 2.05) is 29.8 Å². The minimum atomic E-state index is -0.349. The first-order valence-corrected chi connectivity index (χ1v) is 7.97. The predicted molar refractivity (Wildman–Crippen MR) is 84.8 cm³/mol. The molecule has 0 N–H and O–H groups in total. The molecule has 0 radical (unpaired) electrons. The highest BCUT2D eigenvalue weighted by Crippen LogP contribution is 2.35. The highest BCUT2D eigenvalue weighted by Gasteiger charge is 2.30. The zero-order chi connectivity index (χ0) is 14.3. The number of hydrogen-bond acceptors (Lipinski definition) is 3. The van der Waals surface area contributed by atoms with Crippen LogP contribution in [-0.4, -0.2) is 14.5 Å². The van der Waals surface area contributed by atoms with Gasteiger partial charge in [0.25, 0.3) is 0 Å². The van der Waals surface area contributed by atoms with Gasteiger partial charge in [0, 0.05) is 11.6 Å². The Balaban J connectivity index is 2.35. The Morgan fingerprint density at radius 2 is 2.15 bits per heavy atom. The van der Waals surface area contributed by atoms with E-state index in [2.05, 4.69) is 28.4 Å². The summed E-state index contributed by atoms with van der Waals surface area (Å²) in [5.41, 5.74) is 1.42. The first-order valence-electron chi connectivity index (χ1n) is 6.18. The number of para-hydroxylation sites is 1. The number of imidazole rings is 1. The molecule has 2 heterocycles. The van der Waals surface area contributed by atoms with Gasteiger partial charge in [0.1, 0.15) is 10.8 Å². The number of alkyl halides is 1. The highest BCUT2D eigenvalue weighted by molar-refractivity contribution is 7.09. The second kappa shape index (κ2) is 5.02. The van der Waals surface area contributed by atoms with Crippen LogP contribution >= 0.6 is 34.5 Å². The van der Waals surface area contributed by atoms with Crippen LogP contribution in [0.1, 0.15) is 24.7 Å². The molecule has 6 heteroatoms. The Kier molecular flexibility index (Phi) is 3.48. The van der Waals surface area contributed by atoms with Crippen LogP contribution in [0.15, 0.2) is 29.8 Å². The molecule has 0 bridgehead atoms. The molecule has 3 aromatic rings. The van der Waals surface area contributed by atoms with Crippen molar-refractivity contribution in [3.05, 3.63) is 45.6 Å². The van der Waals surface area contributed by atoms with Gasteiger partial charge in [0.05, 0.1) is 27.5 Å². The van der Waals surface area contributed by atoms with E-state index >= 15 is 0 Å². The monoisotopic (exact) mass is 325 g/mol. The molecule has 104 valence electrons. The fourth-order valence-electron chi connectivity index (χ4n) is 2.45. The Labute approximate surface area is 131 Å². The summed E-state index contributed by atoms with van der Waals surface area (Å²) in [5, 5.41) is 3.65. The van der Waals surface area contributed by atoms with Gasteiger partial charge in [-0.15, -0.1) is 22.9 Å². The molecule has 0 atom stereocenters. The quantitative estimate of drug-likeness (QED) is 0.655. The molecule has 2 aromatic heterocycles. The summed E-state index contributed by atoms with van der Waals surface area (Å²) in [5.74, 6) is 1.13. The Bertz CT molecular complexity index is 747. The molecule has 0 saturated heterocycles. The van der Waals surface area contributed by atoms with Crippen LogP contribution in [0.5, 0.6) is 0 Å². The molecule has 0 aliphatic carbocycles. The van der Waals surface area contributed by atoms with Crippen LogP contribution in [-0.2, 0) is 11.4 Å². The van der Waals surface area contributed by atoms with Crippen LogP contribution in [0.3, 0.4) is 0 Å². The van der Waals surface area contributed by atoms with Crippen molar-refractivity contribution < 1.29 is 0 Å². The van der Waals surface area contributed by atoms with E-state index in [4.69, 9.17) is 23.2 Å². The Morgan fingerprint density at radius 1 is 1.35 bits per heavy atom. The Hall–Kier alpha value is -1.10. The summed E-state index contributed by atoms with van der Waals surface area (Å²) >= 11 is 14.1. The van der Waals surface area contributed by atoms with Crippen molar-refractivity contribution in [3.8, 4) is 0 Å². The van der Waals surface area contributed by atoms with Gasteiger partial charge in [-0.05, 0) is 26.0 Å². The second-order valence-corrected chi connectivity index (χ2v) is 6.57. The summed E-state index contributed by atoms with van der Waals surface area (Å²) < 4.78 is 2.09. The van der Waals surface area contributed by atoms with Crippen molar-refractivity contribution in [1.29, 1.82) is 0 Å². The van der Waals surface area contributed by atoms with Gasteiger partial charge in [-0.3, -0.25) is 0 Å². The molecule has 0 fully saturated rings. The third-order valence-electron chi connectivity index (χ3n) is 3.33. The summed E-state index contributed by atoms with van der Waals surface area (Å²) in [4.78, 5) is 9.03. The maximum absolute atomic E-state index is 6.38. The molecule has 0 aliphatic rings. The average Bonchev–Trinajstić information content (AvgIpc) is 3.06. The fraction of sp³-hybridized carbons (Fsp3) is 0.286. The van der Waals surface area contributed by atoms with Crippen LogP contribution in [0.25, 0.3) is 11.0 Å². The van der Waals surface area contributed by atoms with Gasteiger partial charge >= 0.3 is 0 Å². The number of fused-ring (bicyclic) bond motifs is 1. The normalized spacial score (nSPS) is 12.2. The van der Waals surface area contributed by atoms with Gasteiger partial charge in [-0.1, -0.05) is 17.7 Å². The van der Waals surface area contributed by atoms with Crippen molar-refractivity contribution in [3.63, 3.8) is 0 Å². The van der Waals surface area contributed by atoms with E-state index in [1.54, 1.807) is 11.3 Å². The standard InChI is InChI=1S/C14H13Cl2N3S/c1-14(2,13-17-6-7-20-13)19-11(8-15)18-10-5-3-4-9(16)12(10)19/h3-7H,8H2,1-2H3. The topological polar surface area (TPSA) is 30.7 Å². The molecule has 0 unspecified atom stereocenters. The maximum Gasteiger partial charge on any atom is 0.125 e. The molecule has 3 rings (SSSR count). The SMILES string of the molecule is CC(C)(c1nccs1)n1c(CCl)nc2cccc(Cl)c21. The maximum atomic E-state index is 6.38. The van der Waals surface area contributed by atoms with Gasteiger partial charge in [-0.2, -0.15) is 0 Å². The first-order chi connectivity index (χ1) is 9.55. The molecular weight excluding hydrogens is 313 g/mol. The van der Waals surface area contributed by atoms with Crippen LogP contribution in [0, 0.1) is 0 Å². The van der Waals surface area contributed by atoms with Gasteiger partial charge < -0.3 is 4.57 Å². The lowest BCUT2D eigenvalue weighted by atomic mass is 10.1. The summed E-state index contributed by atoms with van der Waals surface area (Å²) in [7, 11) is 0. The zero-order valence-electron chi connectivity index (χ0n) is 11.1. The lowest BCUT2D eigenvalue weighted by molar-refractivity contribution is 0.435. The molecule has 0 saturated carbocycles. The number of thiazole rings is 1. The minimum absolute atomic E-state index is 0.333. The molecule has 0 spiro atoms. The van der Waals surface area contributed by atoms with Crippen molar-refractivity contribution in [2.24, 2.45) is 0 Å². The third kappa shape index (κ3) is 2.03. The van der Waals surface area contributed by atoms with E-state index < -0.39 is 0 Å². The fourth-order valence-corrected chi connectivity index (χ4v) is 3.63. The average molecular weight is 326 g/mol. The third-order valence-corrected chi connectivity index (χ3v) is 4.96. The van der Waals surface area contributed by atoms with Crippen molar-refractivity contribution >= 4 is 45.6 Å². The predicted octanol–water partition coefficient (Wildman–Crippen LogP) is 4.67. The van der Waals surface area contributed by atoms with E-state index in [9.17, 15) is 0 Å². The largest absolute Gasteiger partial charge is 0.313 e. The number of rotatable bonds is 3. The number of aromatic nitrogens is 3. The summed E-state index contributed by atoms with van der Waals surface area (Å²) in [6.07, 6.45) is 1.81. The molecule has 0 amide bonds. The van der Waals surface area contributed by atoms with Crippen molar-refractivity contribution in [2.45, 2.75) is 25.3 Å². The van der Waals surface area contributed by atoms with Crippen LogP contribution < -0.4 is 0 Å². The van der Waals surface area contributed by atoms with E-state index in [0.717, 1.165) is 21.9 Å².